The third kappa shape index (κ3) is 2.98. The largest absolute Gasteiger partial charge is 0.493 e. The quantitative estimate of drug-likeness (QED) is 0.767. The van der Waals surface area contributed by atoms with Crippen LogP contribution in [-0.4, -0.2) is 39.9 Å². The summed E-state index contributed by atoms with van der Waals surface area (Å²) >= 11 is 3.32. The number of ketones is 1. The number of carbonyl (C=O) groups is 1. The summed E-state index contributed by atoms with van der Waals surface area (Å²) in [5.74, 6) is 0.296. The molecule has 0 amide bonds. The van der Waals surface area contributed by atoms with Crippen LogP contribution in [-0.2, 0) is 9.84 Å². The number of hydrogen-bond donors (Lipinski definition) is 0. The van der Waals surface area contributed by atoms with Crippen molar-refractivity contribution in [2.75, 3.05) is 25.7 Å². The van der Waals surface area contributed by atoms with Crippen LogP contribution in [0, 0.1) is 5.92 Å². The standard InChI is InChI=1S/C13H15BrO5S/c1-18-11-5-9(10(14)6-12(11)19-2)13(15)8-3-4-20(16,17)7-8/h5-6,8H,3-4,7H2,1-2H3. The zero-order valence-electron chi connectivity index (χ0n) is 11.2. The van der Waals surface area contributed by atoms with Crippen LogP contribution >= 0.6 is 15.9 Å². The van der Waals surface area contributed by atoms with Crippen molar-refractivity contribution in [1.82, 2.24) is 0 Å². The van der Waals surface area contributed by atoms with Gasteiger partial charge in [-0.3, -0.25) is 4.79 Å². The van der Waals surface area contributed by atoms with Crippen LogP contribution in [0.1, 0.15) is 16.8 Å². The topological polar surface area (TPSA) is 69.7 Å². The molecule has 0 spiro atoms. The first-order valence-corrected chi connectivity index (χ1v) is 8.65. The molecule has 0 aromatic heterocycles. The van der Waals surface area contributed by atoms with Crippen LogP contribution in [0.3, 0.4) is 0 Å². The van der Waals surface area contributed by atoms with Gasteiger partial charge >= 0.3 is 0 Å². The number of hydrogen-bond acceptors (Lipinski definition) is 5. The second-order valence-corrected chi connectivity index (χ2v) is 7.73. The first kappa shape index (κ1) is 15.3. The first-order valence-electron chi connectivity index (χ1n) is 6.04. The molecule has 0 bridgehead atoms. The smallest absolute Gasteiger partial charge is 0.168 e. The van der Waals surface area contributed by atoms with Gasteiger partial charge in [0.05, 0.1) is 25.7 Å². The van der Waals surface area contributed by atoms with E-state index in [0.29, 0.717) is 28.0 Å². The van der Waals surface area contributed by atoms with Gasteiger partial charge in [0.25, 0.3) is 0 Å². The molecule has 1 heterocycles. The molecule has 0 N–H and O–H groups in total. The highest BCUT2D eigenvalue weighted by Crippen LogP contribution is 2.35. The Kier molecular flexibility index (Phi) is 4.39. The lowest BCUT2D eigenvalue weighted by atomic mass is 9.97. The van der Waals surface area contributed by atoms with E-state index in [1.807, 2.05) is 0 Å². The first-order chi connectivity index (χ1) is 9.38. The minimum Gasteiger partial charge on any atom is -0.493 e. The normalized spacial score (nSPS) is 20.6. The maximum absolute atomic E-state index is 12.4. The number of benzene rings is 1. The summed E-state index contributed by atoms with van der Waals surface area (Å²) in [6, 6.07) is 3.23. The van der Waals surface area contributed by atoms with Crippen molar-refractivity contribution in [3.05, 3.63) is 22.2 Å². The van der Waals surface area contributed by atoms with E-state index in [4.69, 9.17) is 9.47 Å². The maximum Gasteiger partial charge on any atom is 0.168 e. The van der Waals surface area contributed by atoms with E-state index in [1.165, 1.54) is 14.2 Å². The molecular weight excluding hydrogens is 348 g/mol. The molecule has 0 radical (unpaired) electrons. The molecule has 1 atom stereocenters. The van der Waals surface area contributed by atoms with E-state index in [-0.39, 0.29) is 17.3 Å². The molecule has 110 valence electrons. The Bertz CT molecular complexity index is 638. The van der Waals surface area contributed by atoms with Crippen LogP contribution in [0.25, 0.3) is 0 Å². The number of rotatable bonds is 4. The predicted octanol–water partition coefficient (Wildman–Crippen LogP) is 2.08. The number of sulfone groups is 1. The van der Waals surface area contributed by atoms with E-state index >= 15 is 0 Å². The SMILES string of the molecule is COc1cc(Br)c(C(=O)C2CCS(=O)(=O)C2)cc1OC. The van der Waals surface area contributed by atoms with Crippen LogP contribution in [0.15, 0.2) is 16.6 Å². The highest BCUT2D eigenvalue weighted by Gasteiger charge is 2.34. The van der Waals surface area contributed by atoms with Gasteiger partial charge < -0.3 is 9.47 Å². The zero-order valence-corrected chi connectivity index (χ0v) is 13.6. The molecule has 1 aromatic carbocycles. The molecule has 1 aromatic rings. The van der Waals surface area contributed by atoms with Gasteiger partial charge in [-0.1, -0.05) is 0 Å². The fraction of sp³-hybridized carbons (Fsp3) is 0.462. The lowest BCUT2D eigenvalue weighted by molar-refractivity contribution is 0.0932. The van der Waals surface area contributed by atoms with Crippen LogP contribution in [0.5, 0.6) is 11.5 Å². The van der Waals surface area contributed by atoms with Crippen molar-refractivity contribution < 1.29 is 22.7 Å². The lowest BCUT2D eigenvalue weighted by Crippen LogP contribution is -2.17. The van der Waals surface area contributed by atoms with Gasteiger partial charge in [-0.05, 0) is 34.5 Å². The Morgan fingerprint density at radius 1 is 1.25 bits per heavy atom. The number of Topliss-reactive ketones (excluding diaryl/α,β-unsaturated/α-hetero) is 1. The number of methoxy groups -OCH3 is 2. The van der Waals surface area contributed by atoms with Crippen molar-refractivity contribution in [2.24, 2.45) is 5.92 Å². The zero-order chi connectivity index (χ0) is 14.9. The van der Waals surface area contributed by atoms with E-state index in [1.54, 1.807) is 12.1 Å². The number of ether oxygens (including phenoxy) is 2. The third-order valence-corrected chi connectivity index (χ3v) is 5.77. The van der Waals surface area contributed by atoms with Gasteiger partial charge in [0.2, 0.25) is 0 Å². The molecule has 1 aliphatic rings. The van der Waals surface area contributed by atoms with Gasteiger partial charge in [0, 0.05) is 16.0 Å². The molecule has 1 saturated heterocycles. The van der Waals surface area contributed by atoms with Gasteiger partial charge in [-0.2, -0.15) is 0 Å². The fourth-order valence-electron chi connectivity index (χ4n) is 2.26. The molecule has 20 heavy (non-hydrogen) atoms. The predicted molar refractivity (Wildman–Crippen MR) is 78.3 cm³/mol. The molecule has 0 aliphatic carbocycles. The Morgan fingerprint density at radius 3 is 2.35 bits per heavy atom. The second-order valence-electron chi connectivity index (χ2n) is 4.65. The molecule has 1 fully saturated rings. The van der Waals surface area contributed by atoms with Crippen LogP contribution < -0.4 is 9.47 Å². The van der Waals surface area contributed by atoms with Gasteiger partial charge in [0.1, 0.15) is 0 Å². The number of carbonyl (C=O) groups excluding carboxylic acids is 1. The van der Waals surface area contributed by atoms with E-state index in [0.717, 1.165) is 0 Å². The molecule has 2 rings (SSSR count). The van der Waals surface area contributed by atoms with Crippen LogP contribution in [0.4, 0.5) is 0 Å². The maximum atomic E-state index is 12.4. The minimum atomic E-state index is -3.08. The monoisotopic (exact) mass is 362 g/mol. The summed E-state index contributed by atoms with van der Waals surface area (Å²) in [4.78, 5) is 12.4. The minimum absolute atomic E-state index is 0.0768. The van der Waals surface area contributed by atoms with Crippen molar-refractivity contribution >= 4 is 31.6 Å². The van der Waals surface area contributed by atoms with Gasteiger partial charge in [-0.25, -0.2) is 8.42 Å². The molecular formula is C13H15BrO5S. The Balaban J connectivity index is 2.35. The Hall–Kier alpha value is -1.08. The van der Waals surface area contributed by atoms with Gasteiger partial charge in [-0.15, -0.1) is 0 Å². The molecule has 5 nitrogen and oxygen atoms in total. The van der Waals surface area contributed by atoms with E-state index in [9.17, 15) is 13.2 Å². The third-order valence-electron chi connectivity index (χ3n) is 3.34. The summed E-state index contributed by atoms with van der Waals surface area (Å²) in [6.07, 6.45) is 0.377. The summed E-state index contributed by atoms with van der Waals surface area (Å²) in [6.45, 7) is 0. The molecule has 0 saturated carbocycles. The lowest BCUT2D eigenvalue weighted by Gasteiger charge is -2.13. The Labute approximate surface area is 126 Å². The molecule has 7 heteroatoms. The average molecular weight is 363 g/mol. The summed E-state index contributed by atoms with van der Waals surface area (Å²) in [5, 5.41) is 0. The average Bonchev–Trinajstić information content (AvgIpc) is 2.78. The molecule has 1 aliphatic heterocycles. The van der Waals surface area contributed by atoms with Crippen molar-refractivity contribution in [2.45, 2.75) is 6.42 Å². The molecule has 1 unspecified atom stereocenters. The van der Waals surface area contributed by atoms with Crippen molar-refractivity contribution in [1.29, 1.82) is 0 Å². The van der Waals surface area contributed by atoms with Crippen molar-refractivity contribution in [3.63, 3.8) is 0 Å². The summed E-state index contributed by atoms with van der Waals surface area (Å²) < 4.78 is 33.8. The van der Waals surface area contributed by atoms with Crippen LogP contribution in [0.2, 0.25) is 0 Å². The summed E-state index contributed by atoms with van der Waals surface area (Å²) in [7, 11) is -0.0865. The van der Waals surface area contributed by atoms with E-state index < -0.39 is 15.8 Å². The highest BCUT2D eigenvalue weighted by molar-refractivity contribution is 9.10. The highest BCUT2D eigenvalue weighted by atomic mass is 79.9. The second kappa shape index (κ2) is 5.73. The number of halogens is 1. The van der Waals surface area contributed by atoms with E-state index in [2.05, 4.69) is 15.9 Å². The Morgan fingerprint density at radius 2 is 1.85 bits per heavy atom. The summed E-state index contributed by atoms with van der Waals surface area (Å²) in [5.41, 5.74) is 0.421. The van der Waals surface area contributed by atoms with Gasteiger partial charge in [0.15, 0.2) is 27.1 Å². The fourth-order valence-corrected chi connectivity index (χ4v) is 4.52. The van der Waals surface area contributed by atoms with Crippen molar-refractivity contribution in [3.8, 4) is 11.5 Å².